The topological polar surface area (TPSA) is 81.5 Å². The van der Waals surface area contributed by atoms with Crippen molar-refractivity contribution in [3.63, 3.8) is 0 Å². The molecule has 1 aromatic rings. The maximum atomic E-state index is 9.31. The summed E-state index contributed by atoms with van der Waals surface area (Å²) in [6.45, 7) is 1.65. The maximum absolute atomic E-state index is 9.31. The summed E-state index contributed by atoms with van der Waals surface area (Å²) in [7, 11) is 1.55. The second-order valence-electron chi connectivity index (χ2n) is 3.27. The normalized spacial score (nSPS) is 14.9. The summed E-state index contributed by atoms with van der Waals surface area (Å²) in [6, 6.07) is 4.84. The van der Waals surface area contributed by atoms with E-state index in [1.54, 1.807) is 32.2 Å². The van der Waals surface area contributed by atoms with Gasteiger partial charge in [-0.2, -0.15) is 0 Å². The highest BCUT2D eigenvalue weighted by molar-refractivity contribution is 5.54. The maximum Gasteiger partial charge on any atom is 0.142 e. The number of aliphatic hydroxyl groups is 1. The first-order chi connectivity index (χ1) is 6.56. The Hall–Kier alpha value is -1.26. The standard InChI is InChI=1S/C10H16N2O2/c1-6(13)10(12)7-3-4-8(11)9(5-7)14-2/h3-6,10,13H,11-12H2,1-2H3/t6?,10-/m1/s1. The van der Waals surface area contributed by atoms with Gasteiger partial charge in [0.1, 0.15) is 5.75 Å². The number of ether oxygens (including phenoxy) is 1. The van der Waals surface area contributed by atoms with Gasteiger partial charge < -0.3 is 21.3 Å². The molecule has 0 saturated carbocycles. The third-order valence-corrected chi connectivity index (χ3v) is 2.16. The summed E-state index contributed by atoms with van der Waals surface area (Å²) in [6.07, 6.45) is -0.594. The van der Waals surface area contributed by atoms with Crippen LogP contribution in [0.4, 0.5) is 5.69 Å². The highest BCUT2D eigenvalue weighted by Crippen LogP contribution is 2.25. The Morgan fingerprint density at radius 2 is 2.07 bits per heavy atom. The third-order valence-electron chi connectivity index (χ3n) is 2.16. The highest BCUT2D eigenvalue weighted by atomic mass is 16.5. The summed E-state index contributed by atoms with van der Waals surface area (Å²) >= 11 is 0. The van der Waals surface area contributed by atoms with Gasteiger partial charge in [0.05, 0.1) is 24.9 Å². The zero-order chi connectivity index (χ0) is 10.7. The van der Waals surface area contributed by atoms with Crippen molar-refractivity contribution in [3.8, 4) is 5.75 Å². The van der Waals surface area contributed by atoms with Crippen molar-refractivity contribution in [1.29, 1.82) is 0 Å². The molecular weight excluding hydrogens is 180 g/mol. The van der Waals surface area contributed by atoms with Gasteiger partial charge in [0.15, 0.2) is 0 Å². The van der Waals surface area contributed by atoms with Crippen molar-refractivity contribution in [2.75, 3.05) is 12.8 Å². The molecule has 78 valence electrons. The van der Waals surface area contributed by atoms with Gasteiger partial charge in [-0.05, 0) is 24.6 Å². The first-order valence-electron chi connectivity index (χ1n) is 4.43. The number of nitrogens with two attached hydrogens (primary N) is 2. The van der Waals surface area contributed by atoms with Crippen molar-refractivity contribution in [2.24, 2.45) is 5.73 Å². The lowest BCUT2D eigenvalue weighted by atomic mass is 10.0. The molecule has 4 nitrogen and oxygen atoms in total. The zero-order valence-corrected chi connectivity index (χ0v) is 8.40. The van der Waals surface area contributed by atoms with Gasteiger partial charge in [0.2, 0.25) is 0 Å². The average Bonchev–Trinajstić information content (AvgIpc) is 2.17. The minimum absolute atomic E-state index is 0.413. The number of hydrogen-bond acceptors (Lipinski definition) is 4. The Bertz CT molecular complexity index is 313. The van der Waals surface area contributed by atoms with Crippen LogP contribution < -0.4 is 16.2 Å². The minimum Gasteiger partial charge on any atom is -0.495 e. The molecule has 1 unspecified atom stereocenters. The van der Waals surface area contributed by atoms with Crippen LogP contribution in [0.5, 0.6) is 5.75 Å². The molecule has 5 N–H and O–H groups in total. The van der Waals surface area contributed by atoms with Crippen LogP contribution in [0, 0.1) is 0 Å². The number of hydrogen-bond donors (Lipinski definition) is 3. The lowest BCUT2D eigenvalue weighted by Gasteiger charge is -2.16. The number of rotatable bonds is 3. The monoisotopic (exact) mass is 196 g/mol. The summed E-state index contributed by atoms with van der Waals surface area (Å²) in [5.74, 6) is 0.582. The Morgan fingerprint density at radius 1 is 1.43 bits per heavy atom. The molecule has 2 atom stereocenters. The van der Waals surface area contributed by atoms with Crippen molar-refractivity contribution in [1.82, 2.24) is 0 Å². The molecule has 0 aromatic heterocycles. The van der Waals surface area contributed by atoms with E-state index in [4.69, 9.17) is 16.2 Å². The van der Waals surface area contributed by atoms with Gasteiger partial charge in [-0.3, -0.25) is 0 Å². The molecule has 0 heterocycles. The average molecular weight is 196 g/mol. The SMILES string of the molecule is COc1cc([C@H](N)C(C)O)ccc1N. The zero-order valence-electron chi connectivity index (χ0n) is 8.40. The highest BCUT2D eigenvalue weighted by Gasteiger charge is 2.13. The molecule has 0 radical (unpaired) electrons. The predicted octanol–water partition coefficient (Wildman–Crippen LogP) is 0.658. The van der Waals surface area contributed by atoms with E-state index in [0.717, 1.165) is 5.56 Å². The quantitative estimate of drug-likeness (QED) is 0.620. The van der Waals surface area contributed by atoms with E-state index >= 15 is 0 Å². The van der Waals surface area contributed by atoms with E-state index in [9.17, 15) is 5.11 Å². The van der Waals surface area contributed by atoms with Gasteiger partial charge >= 0.3 is 0 Å². The first-order valence-corrected chi connectivity index (χ1v) is 4.43. The second kappa shape index (κ2) is 4.30. The van der Waals surface area contributed by atoms with E-state index in [1.165, 1.54) is 0 Å². The van der Waals surface area contributed by atoms with E-state index in [2.05, 4.69) is 0 Å². The van der Waals surface area contributed by atoms with Crippen molar-refractivity contribution in [3.05, 3.63) is 23.8 Å². The van der Waals surface area contributed by atoms with Gasteiger partial charge in [0, 0.05) is 0 Å². The lowest BCUT2D eigenvalue weighted by molar-refractivity contribution is 0.164. The fraction of sp³-hybridized carbons (Fsp3) is 0.400. The molecule has 0 spiro atoms. The summed E-state index contributed by atoms with van der Waals surface area (Å²) in [5.41, 5.74) is 12.8. The van der Waals surface area contributed by atoms with Gasteiger partial charge in [-0.25, -0.2) is 0 Å². The minimum atomic E-state index is -0.594. The predicted molar refractivity (Wildman–Crippen MR) is 56.0 cm³/mol. The van der Waals surface area contributed by atoms with Gasteiger partial charge in [-0.15, -0.1) is 0 Å². The molecular formula is C10H16N2O2. The fourth-order valence-corrected chi connectivity index (χ4v) is 1.21. The molecule has 0 saturated heterocycles. The van der Waals surface area contributed by atoms with Crippen molar-refractivity contribution >= 4 is 5.69 Å². The van der Waals surface area contributed by atoms with Crippen LogP contribution in [0.1, 0.15) is 18.5 Å². The van der Waals surface area contributed by atoms with Gasteiger partial charge in [0.25, 0.3) is 0 Å². The van der Waals surface area contributed by atoms with Crippen LogP contribution in [0.25, 0.3) is 0 Å². The molecule has 0 bridgehead atoms. The van der Waals surface area contributed by atoms with Crippen LogP contribution in [0.3, 0.4) is 0 Å². The Morgan fingerprint density at radius 3 is 2.57 bits per heavy atom. The van der Waals surface area contributed by atoms with Crippen LogP contribution in [0.2, 0.25) is 0 Å². The molecule has 0 amide bonds. The van der Waals surface area contributed by atoms with E-state index in [0.29, 0.717) is 11.4 Å². The lowest BCUT2D eigenvalue weighted by Crippen LogP contribution is -2.23. The summed E-state index contributed by atoms with van der Waals surface area (Å²) < 4.78 is 5.05. The number of benzene rings is 1. The van der Waals surface area contributed by atoms with Crippen LogP contribution >= 0.6 is 0 Å². The number of nitrogen functional groups attached to an aromatic ring is 1. The molecule has 4 heteroatoms. The molecule has 0 aliphatic heterocycles. The molecule has 0 fully saturated rings. The van der Waals surface area contributed by atoms with Gasteiger partial charge in [-0.1, -0.05) is 6.07 Å². The molecule has 14 heavy (non-hydrogen) atoms. The molecule has 0 aliphatic carbocycles. The Balaban J connectivity index is 3.00. The molecule has 0 aliphatic rings. The Kier molecular flexibility index (Phi) is 3.33. The first kappa shape index (κ1) is 10.8. The van der Waals surface area contributed by atoms with Crippen LogP contribution in [0.15, 0.2) is 18.2 Å². The smallest absolute Gasteiger partial charge is 0.142 e. The third kappa shape index (κ3) is 2.16. The van der Waals surface area contributed by atoms with Crippen LogP contribution in [-0.4, -0.2) is 18.3 Å². The number of methoxy groups -OCH3 is 1. The fourth-order valence-electron chi connectivity index (χ4n) is 1.21. The molecule has 1 rings (SSSR count). The number of anilines is 1. The van der Waals surface area contributed by atoms with Crippen LogP contribution in [-0.2, 0) is 0 Å². The molecule has 1 aromatic carbocycles. The number of aliphatic hydroxyl groups excluding tert-OH is 1. The van der Waals surface area contributed by atoms with Crippen molar-refractivity contribution in [2.45, 2.75) is 19.1 Å². The second-order valence-corrected chi connectivity index (χ2v) is 3.27. The Labute approximate surface area is 83.5 Å². The summed E-state index contributed by atoms with van der Waals surface area (Å²) in [5, 5.41) is 9.31. The van der Waals surface area contributed by atoms with E-state index in [-0.39, 0.29) is 0 Å². The largest absolute Gasteiger partial charge is 0.495 e. The van der Waals surface area contributed by atoms with Crippen molar-refractivity contribution < 1.29 is 9.84 Å². The van der Waals surface area contributed by atoms with E-state index in [1.807, 2.05) is 0 Å². The van der Waals surface area contributed by atoms with E-state index < -0.39 is 12.1 Å². The summed E-state index contributed by atoms with van der Waals surface area (Å²) in [4.78, 5) is 0.